The molecular formula is C21H21F3N6O3S. The van der Waals surface area contributed by atoms with Crippen molar-refractivity contribution in [2.45, 2.75) is 12.1 Å². The quantitative estimate of drug-likeness (QED) is 0.513. The van der Waals surface area contributed by atoms with E-state index in [1.165, 1.54) is 0 Å². The molecule has 4 rings (SSSR count). The summed E-state index contributed by atoms with van der Waals surface area (Å²) in [6, 6.07) is 5.53. The summed E-state index contributed by atoms with van der Waals surface area (Å²) in [5, 5.41) is 3.01. The first-order chi connectivity index (χ1) is 16.2. The molecule has 9 nitrogen and oxygen atoms in total. The Kier molecular flexibility index (Phi) is 7.05. The average molecular weight is 494 g/mol. The molecule has 3 heterocycles. The predicted octanol–water partition coefficient (Wildman–Crippen LogP) is 1.78. The molecule has 3 N–H and O–H groups in total. The van der Waals surface area contributed by atoms with Crippen LogP contribution in [-0.4, -0.2) is 71.1 Å². The van der Waals surface area contributed by atoms with Gasteiger partial charge < -0.3 is 15.8 Å². The number of aromatic nitrogens is 3. The van der Waals surface area contributed by atoms with E-state index in [1.807, 2.05) is 0 Å². The van der Waals surface area contributed by atoms with Crippen LogP contribution in [0.4, 0.5) is 13.2 Å². The number of thiazole rings is 1. The normalized spacial score (nSPS) is 15.9. The fourth-order valence-corrected chi connectivity index (χ4v) is 4.60. The number of morpholine rings is 1. The number of carbonyl (C=O) groups is 2. The van der Waals surface area contributed by atoms with Crippen LogP contribution in [0.15, 0.2) is 30.5 Å². The molecule has 2 amide bonds. The molecule has 1 aliphatic heterocycles. The zero-order chi connectivity index (χ0) is 24.3. The fourth-order valence-electron chi connectivity index (χ4n) is 3.49. The summed E-state index contributed by atoms with van der Waals surface area (Å²) in [5.41, 5.74) is 5.16. The van der Waals surface area contributed by atoms with Gasteiger partial charge in [-0.15, -0.1) is 11.3 Å². The number of carbonyl (C=O) groups excluding carboxylic acids is 2. The summed E-state index contributed by atoms with van der Waals surface area (Å²) in [7, 11) is 0. The minimum atomic E-state index is -4.70. The predicted molar refractivity (Wildman–Crippen MR) is 117 cm³/mol. The van der Waals surface area contributed by atoms with E-state index < -0.39 is 23.7 Å². The molecule has 13 heteroatoms. The molecule has 34 heavy (non-hydrogen) atoms. The van der Waals surface area contributed by atoms with E-state index in [0.29, 0.717) is 48.1 Å². The van der Waals surface area contributed by atoms with Gasteiger partial charge in [0, 0.05) is 37.9 Å². The third kappa shape index (κ3) is 5.48. The molecule has 3 aromatic rings. The second-order valence-corrected chi connectivity index (χ2v) is 8.64. The van der Waals surface area contributed by atoms with Gasteiger partial charge in [0.05, 0.1) is 23.4 Å². The van der Waals surface area contributed by atoms with Crippen LogP contribution >= 0.6 is 11.3 Å². The summed E-state index contributed by atoms with van der Waals surface area (Å²) in [6.45, 7) is 4.18. The lowest BCUT2D eigenvalue weighted by Crippen LogP contribution is -2.41. The Morgan fingerprint density at radius 3 is 2.68 bits per heavy atom. The Bertz CT molecular complexity index is 1200. The van der Waals surface area contributed by atoms with E-state index in [2.05, 4.69) is 25.2 Å². The summed E-state index contributed by atoms with van der Waals surface area (Å²) in [6.07, 6.45) is -3.77. The number of nitrogens with one attached hydrogen (secondary N) is 1. The third-order valence-electron chi connectivity index (χ3n) is 5.24. The van der Waals surface area contributed by atoms with Gasteiger partial charge in [-0.2, -0.15) is 13.2 Å². The monoisotopic (exact) mass is 494 g/mol. The molecule has 0 aliphatic carbocycles. The summed E-state index contributed by atoms with van der Waals surface area (Å²) < 4.78 is 45.0. The number of primary amides is 1. The molecule has 0 bridgehead atoms. The molecule has 0 saturated carbocycles. The molecule has 1 fully saturated rings. The van der Waals surface area contributed by atoms with Crippen molar-refractivity contribution in [3.05, 3.63) is 52.6 Å². The van der Waals surface area contributed by atoms with Crippen LogP contribution in [0.2, 0.25) is 0 Å². The standard InChI is InChI=1S/C21H21F3N6O3S/c22-21(23,24)15-3-4-26-18(29-15)16(17(25)31)20-28-13-2-1-12(11-14(13)34-20)19(32)27-5-6-30-7-9-33-10-8-30/h1-4,11,16H,5-10H2,(H2,25,31)(H,27,32). The summed E-state index contributed by atoms with van der Waals surface area (Å²) >= 11 is 1.04. The van der Waals surface area contributed by atoms with Gasteiger partial charge in [0.1, 0.15) is 22.4 Å². The second kappa shape index (κ2) is 9.99. The average Bonchev–Trinajstić information content (AvgIpc) is 3.21. The smallest absolute Gasteiger partial charge is 0.379 e. The second-order valence-electron chi connectivity index (χ2n) is 7.58. The lowest BCUT2D eigenvalue weighted by Gasteiger charge is -2.26. The van der Waals surface area contributed by atoms with Gasteiger partial charge in [-0.05, 0) is 24.3 Å². The summed E-state index contributed by atoms with van der Waals surface area (Å²) in [5.74, 6) is -2.94. The molecule has 1 saturated heterocycles. The van der Waals surface area contributed by atoms with Crippen LogP contribution in [0.1, 0.15) is 32.8 Å². The highest BCUT2D eigenvalue weighted by molar-refractivity contribution is 7.18. The molecule has 0 radical (unpaired) electrons. The van der Waals surface area contributed by atoms with Gasteiger partial charge in [-0.1, -0.05) is 0 Å². The van der Waals surface area contributed by atoms with Crippen LogP contribution in [-0.2, 0) is 15.7 Å². The van der Waals surface area contributed by atoms with Crippen molar-refractivity contribution < 1.29 is 27.5 Å². The summed E-state index contributed by atoms with van der Waals surface area (Å²) in [4.78, 5) is 38.5. The number of ether oxygens (including phenoxy) is 1. The van der Waals surface area contributed by atoms with Crippen molar-refractivity contribution in [1.82, 2.24) is 25.2 Å². The van der Waals surface area contributed by atoms with E-state index in [-0.39, 0.29) is 16.7 Å². The van der Waals surface area contributed by atoms with E-state index in [0.717, 1.165) is 30.6 Å². The van der Waals surface area contributed by atoms with E-state index >= 15 is 0 Å². The molecular weight excluding hydrogens is 473 g/mol. The van der Waals surface area contributed by atoms with Gasteiger partial charge in [0.2, 0.25) is 5.91 Å². The van der Waals surface area contributed by atoms with Crippen LogP contribution in [0.25, 0.3) is 10.2 Å². The van der Waals surface area contributed by atoms with Crippen LogP contribution in [0, 0.1) is 0 Å². The van der Waals surface area contributed by atoms with Gasteiger partial charge in [-0.3, -0.25) is 14.5 Å². The van der Waals surface area contributed by atoms with Crippen molar-refractivity contribution in [3.63, 3.8) is 0 Å². The van der Waals surface area contributed by atoms with Crippen LogP contribution in [0.5, 0.6) is 0 Å². The number of fused-ring (bicyclic) bond motifs is 1. The Hall–Kier alpha value is -3.16. The highest BCUT2D eigenvalue weighted by Crippen LogP contribution is 2.33. The number of nitrogens with zero attached hydrogens (tertiary/aromatic N) is 4. The number of rotatable bonds is 7. The molecule has 180 valence electrons. The first-order valence-electron chi connectivity index (χ1n) is 10.4. The van der Waals surface area contributed by atoms with Crippen molar-refractivity contribution in [3.8, 4) is 0 Å². The maximum Gasteiger partial charge on any atom is 0.433 e. The van der Waals surface area contributed by atoms with Gasteiger partial charge in [-0.25, -0.2) is 15.0 Å². The highest BCUT2D eigenvalue weighted by atomic mass is 32.1. The van der Waals surface area contributed by atoms with Crippen LogP contribution < -0.4 is 11.1 Å². The number of alkyl halides is 3. The zero-order valence-corrected chi connectivity index (χ0v) is 18.7. The Labute approximate surface area is 196 Å². The molecule has 1 atom stereocenters. The van der Waals surface area contributed by atoms with Gasteiger partial charge in [0.15, 0.2) is 0 Å². The van der Waals surface area contributed by atoms with E-state index in [4.69, 9.17) is 10.5 Å². The van der Waals surface area contributed by atoms with E-state index in [9.17, 15) is 22.8 Å². The minimum Gasteiger partial charge on any atom is -0.379 e. The third-order valence-corrected chi connectivity index (χ3v) is 6.32. The van der Waals surface area contributed by atoms with Crippen molar-refractivity contribution in [2.24, 2.45) is 5.73 Å². The van der Waals surface area contributed by atoms with E-state index in [1.54, 1.807) is 18.2 Å². The van der Waals surface area contributed by atoms with Gasteiger partial charge >= 0.3 is 6.18 Å². The SMILES string of the molecule is NC(=O)C(c1nccc(C(F)(F)F)n1)c1nc2ccc(C(=O)NCCN3CCOCC3)cc2s1. The molecule has 2 aromatic heterocycles. The number of amides is 2. The lowest BCUT2D eigenvalue weighted by atomic mass is 10.1. The molecule has 0 spiro atoms. The lowest BCUT2D eigenvalue weighted by molar-refractivity contribution is -0.141. The molecule has 1 aliphatic rings. The largest absolute Gasteiger partial charge is 0.433 e. The fraction of sp³-hybridized carbons (Fsp3) is 0.381. The zero-order valence-electron chi connectivity index (χ0n) is 17.8. The minimum absolute atomic E-state index is 0.145. The maximum atomic E-state index is 13.1. The number of hydrogen-bond donors (Lipinski definition) is 2. The number of halogens is 3. The first-order valence-corrected chi connectivity index (χ1v) is 11.2. The Balaban J connectivity index is 1.52. The molecule has 1 unspecified atom stereocenters. The Morgan fingerprint density at radius 2 is 1.97 bits per heavy atom. The van der Waals surface area contributed by atoms with Crippen LogP contribution in [0.3, 0.4) is 0 Å². The maximum absolute atomic E-state index is 13.1. The van der Waals surface area contributed by atoms with Crippen molar-refractivity contribution >= 4 is 33.4 Å². The van der Waals surface area contributed by atoms with Crippen molar-refractivity contribution in [1.29, 1.82) is 0 Å². The Morgan fingerprint density at radius 1 is 1.21 bits per heavy atom. The van der Waals surface area contributed by atoms with Gasteiger partial charge in [0.25, 0.3) is 5.91 Å². The van der Waals surface area contributed by atoms with Crippen molar-refractivity contribution in [2.75, 3.05) is 39.4 Å². The number of hydrogen-bond acceptors (Lipinski definition) is 8. The first kappa shape index (κ1) is 24.0. The number of benzene rings is 1. The topological polar surface area (TPSA) is 123 Å². The molecule has 1 aromatic carbocycles. The number of nitrogens with two attached hydrogens (primary N) is 1. The highest BCUT2D eigenvalue weighted by Gasteiger charge is 2.35.